The molecule has 1 rings (SSSR count). The Morgan fingerprint density at radius 1 is 1.46 bits per heavy atom. The molecule has 0 spiro atoms. The summed E-state index contributed by atoms with van der Waals surface area (Å²) in [6.07, 6.45) is 0. The molecular formula is C7H6F2N2O2. The fourth-order valence-electron chi connectivity index (χ4n) is 0.884. The molecule has 0 heterocycles. The van der Waals surface area contributed by atoms with Crippen molar-refractivity contribution >= 4 is 5.69 Å². The van der Waals surface area contributed by atoms with E-state index in [4.69, 9.17) is 5.73 Å². The van der Waals surface area contributed by atoms with Gasteiger partial charge in [0, 0.05) is 18.2 Å². The van der Waals surface area contributed by atoms with E-state index in [1.54, 1.807) is 0 Å². The van der Waals surface area contributed by atoms with Crippen molar-refractivity contribution in [3.8, 4) is 0 Å². The van der Waals surface area contributed by atoms with Crippen molar-refractivity contribution in [3.05, 3.63) is 39.4 Å². The van der Waals surface area contributed by atoms with Gasteiger partial charge in [-0.15, -0.1) is 0 Å². The molecule has 0 radical (unpaired) electrons. The van der Waals surface area contributed by atoms with Crippen LogP contribution in [-0.4, -0.2) is 4.92 Å². The first-order valence-corrected chi connectivity index (χ1v) is 3.38. The van der Waals surface area contributed by atoms with E-state index < -0.39 is 22.2 Å². The maximum atomic E-state index is 12.8. The van der Waals surface area contributed by atoms with Gasteiger partial charge in [0.15, 0.2) is 11.6 Å². The van der Waals surface area contributed by atoms with E-state index in [-0.39, 0.29) is 12.1 Å². The van der Waals surface area contributed by atoms with E-state index in [1.165, 1.54) is 0 Å². The lowest BCUT2D eigenvalue weighted by Gasteiger charge is -2.00. The van der Waals surface area contributed by atoms with Gasteiger partial charge in [0.05, 0.1) is 11.0 Å². The highest BCUT2D eigenvalue weighted by Crippen LogP contribution is 2.19. The molecule has 6 heteroatoms. The van der Waals surface area contributed by atoms with Crippen LogP contribution < -0.4 is 5.73 Å². The molecule has 0 aromatic heterocycles. The molecule has 0 aliphatic rings. The first-order chi connectivity index (χ1) is 6.06. The van der Waals surface area contributed by atoms with Gasteiger partial charge in [-0.05, 0) is 0 Å². The quantitative estimate of drug-likeness (QED) is 0.562. The van der Waals surface area contributed by atoms with Crippen molar-refractivity contribution in [2.24, 2.45) is 5.73 Å². The third-order valence-corrected chi connectivity index (χ3v) is 1.52. The summed E-state index contributed by atoms with van der Waals surface area (Å²) in [4.78, 5) is 9.40. The topological polar surface area (TPSA) is 69.2 Å². The fourth-order valence-corrected chi connectivity index (χ4v) is 0.884. The molecule has 0 atom stereocenters. The molecule has 0 amide bonds. The zero-order valence-electron chi connectivity index (χ0n) is 6.46. The van der Waals surface area contributed by atoms with Crippen molar-refractivity contribution in [2.45, 2.75) is 6.54 Å². The number of hydrogen-bond acceptors (Lipinski definition) is 3. The lowest BCUT2D eigenvalue weighted by Crippen LogP contribution is -2.03. The van der Waals surface area contributed by atoms with E-state index in [0.717, 1.165) is 6.07 Å². The monoisotopic (exact) mass is 188 g/mol. The summed E-state index contributed by atoms with van der Waals surface area (Å²) < 4.78 is 25.4. The summed E-state index contributed by atoms with van der Waals surface area (Å²) in [5.41, 5.74) is 4.36. The molecule has 1 aromatic carbocycles. The summed E-state index contributed by atoms with van der Waals surface area (Å²) in [5, 5.41) is 10.2. The Labute approximate surface area is 72.1 Å². The van der Waals surface area contributed by atoms with Crippen molar-refractivity contribution < 1.29 is 13.7 Å². The van der Waals surface area contributed by atoms with Crippen LogP contribution in [0.5, 0.6) is 0 Å². The maximum absolute atomic E-state index is 12.8. The largest absolute Gasteiger partial charge is 0.326 e. The molecule has 13 heavy (non-hydrogen) atoms. The molecule has 0 unspecified atom stereocenters. The minimum atomic E-state index is -1.25. The van der Waals surface area contributed by atoms with Gasteiger partial charge in [-0.1, -0.05) is 0 Å². The minimum Gasteiger partial charge on any atom is -0.326 e. The molecule has 70 valence electrons. The first-order valence-electron chi connectivity index (χ1n) is 3.38. The van der Waals surface area contributed by atoms with Crippen LogP contribution in [0.1, 0.15) is 5.56 Å². The summed E-state index contributed by atoms with van der Waals surface area (Å²) in [6, 6.07) is 1.44. The van der Waals surface area contributed by atoms with Crippen molar-refractivity contribution in [1.29, 1.82) is 0 Å². The van der Waals surface area contributed by atoms with Gasteiger partial charge in [-0.25, -0.2) is 8.78 Å². The molecule has 0 aliphatic heterocycles. The Morgan fingerprint density at radius 3 is 2.54 bits per heavy atom. The van der Waals surface area contributed by atoms with Crippen molar-refractivity contribution in [2.75, 3.05) is 0 Å². The normalized spacial score (nSPS) is 10.1. The summed E-state index contributed by atoms with van der Waals surface area (Å²) in [6.45, 7) is -0.273. The second kappa shape index (κ2) is 3.44. The summed E-state index contributed by atoms with van der Waals surface area (Å²) >= 11 is 0. The molecule has 0 fully saturated rings. The second-order valence-electron chi connectivity index (χ2n) is 2.36. The van der Waals surface area contributed by atoms with Crippen molar-refractivity contribution in [1.82, 2.24) is 0 Å². The van der Waals surface area contributed by atoms with Crippen LogP contribution in [0.25, 0.3) is 0 Å². The highest BCUT2D eigenvalue weighted by molar-refractivity contribution is 5.36. The van der Waals surface area contributed by atoms with Gasteiger partial charge in [-0.3, -0.25) is 10.1 Å². The third kappa shape index (κ3) is 1.78. The predicted molar refractivity (Wildman–Crippen MR) is 40.9 cm³/mol. The van der Waals surface area contributed by atoms with E-state index >= 15 is 0 Å². The molecular weight excluding hydrogens is 182 g/mol. The average Bonchev–Trinajstić information content (AvgIpc) is 2.09. The fraction of sp³-hybridized carbons (Fsp3) is 0.143. The maximum Gasteiger partial charge on any atom is 0.272 e. The van der Waals surface area contributed by atoms with E-state index in [9.17, 15) is 18.9 Å². The predicted octanol–water partition coefficient (Wildman–Crippen LogP) is 1.33. The lowest BCUT2D eigenvalue weighted by atomic mass is 10.2. The zero-order chi connectivity index (χ0) is 10.0. The number of non-ortho nitro benzene ring substituents is 1. The van der Waals surface area contributed by atoms with Gasteiger partial charge in [-0.2, -0.15) is 0 Å². The van der Waals surface area contributed by atoms with Gasteiger partial charge < -0.3 is 5.73 Å². The molecule has 0 bridgehead atoms. The molecule has 0 saturated heterocycles. The van der Waals surface area contributed by atoms with Crippen LogP contribution in [0.4, 0.5) is 14.5 Å². The molecule has 1 aromatic rings. The zero-order valence-corrected chi connectivity index (χ0v) is 6.46. The van der Waals surface area contributed by atoms with Gasteiger partial charge in [0.25, 0.3) is 5.69 Å². The average molecular weight is 188 g/mol. The van der Waals surface area contributed by atoms with Gasteiger partial charge >= 0.3 is 0 Å². The number of nitro groups is 1. The third-order valence-electron chi connectivity index (χ3n) is 1.52. The van der Waals surface area contributed by atoms with E-state index in [0.29, 0.717) is 6.07 Å². The number of nitro benzene ring substituents is 1. The SMILES string of the molecule is NCc1cc([N+](=O)[O-])cc(F)c1F. The molecule has 0 saturated carbocycles. The Morgan fingerprint density at radius 2 is 2.08 bits per heavy atom. The molecule has 2 N–H and O–H groups in total. The number of halogens is 2. The smallest absolute Gasteiger partial charge is 0.272 e. The number of nitrogens with zero attached hydrogens (tertiary/aromatic N) is 1. The van der Waals surface area contributed by atoms with E-state index in [1.807, 2.05) is 0 Å². The van der Waals surface area contributed by atoms with Crippen LogP contribution >= 0.6 is 0 Å². The minimum absolute atomic E-state index is 0.202. The van der Waals surface area contributed by atoms with Crippen LogP contribution in [0.2, 0.25) is 0 Å². The first kappa shape index (κ1) is 9.53. The Bertz CT molecular complexity index is 355. The lowest BCUT2D eigenvalue weighted by molar-refractivity contribution is -0.385. The molecule has 0 aliphatic carbocycles. The standard InChI is InChI=1S/C7H6F2N2O2/c8-6-2-5(11(12)13)1-4(3-10)7(6)9/h1-2H,3,10H2. The Balaban J connectivity index is 3.30. The van der Waals surface area contributed by atoms with E-state index in [2.05, 4.69) is 0 Å². The molecule has 4 nitrogen and oxygen atoms in total. The Hall–Kier alpha value is -1.56. The summed E-state index contributed by atoms with van der Waals surface area (Å²) in [5.74, 6) is -2.39. The van der Waals surface area contributed by atoms with Crippen molar-refractivity contribution in [3.63, 3.8) is 0 Å². The highest BCUT2D eigenvalue weighted by Gasteiger charge is 2.15. The number of benzene rings is 1. The Kier molecular flexibility index (Phi) is 2.52. The van der Waals surface area contributed by atoms with Crippen LogP contribution in [0.15, 0.2) is 12.1 Å². The van der Waals surface area contributed by atoms with Crippen LogP contribution in [-0.2, 0) is 6.54 Å². The number of nitrogens with two attached hydrogens (primary N) is 1. The highest BCUT2D eigenvalue weighted by atomic mass is 19.2. The second-order valence-corrected chi connectivity index (χ2v) is 2.36. The van der Waals surface area contributed by atoms with Gasteiger partial charge in [0.1, 0.15) is 0 Å². The summed E-state index contributed by atoms with van der Waals surface area (Å²) in [7, 11) is 0. The van der Waals surface area contributed by atoms with Gasteiger partial charge in [0.2, 0.25) is 0 Å². The number of rotatable bonds is 2. The number of hydrogen-bond donors (Lipinski definition) is 1. The van der Waals surface area contributed by atoms with Crippen LogP contribution in [0.3, 0.4) is 0 Å². The van der Waals surface area contributed by atoms with Crippen LogP contribution in [0, 0.1) is 21.7 Å².